The van der Waals surface area contributed by atoms with Gasteiger partial charge in [0.2, 0.25) is 0 Å². The second kappa shape index (κ2) is 6.27. The van der Waals surface area contributed by atoms with Crippen LogP contribution in [0, 0.1) is 16.7 Å². The van der Waals surface area contributed by atoms with Crippen LogP contribution in [0.3, 0.4) is 0 Å². The minimum Gasteiger partial charge on any atom is -0.315 e. The summed E-state index contributed by atoms with van der Waals surface area (Å²) in [5.41, 5.74) is -0.457. The Kier molecular flexibility index (Phi) is 6.28. The molecule has 0 spiro atoms. The standard InChI is InChI=1S/C12H24NO2PS/c1-11(2,3)10-16(14,15-12(4,5)6)17-9-7-8-13/h7,9-10H2,1-6H3. The molecule has 0 aliphatic heterocycles. The van der Waals surface area contributed by atoms with E-state index in [0.717, 1.165) is 0 Å². The van der Waals surface area contributed by atoms with E-state index in [2.05, 4.69) is 26.8 Å². The first kappa shape index (κ1) is 17.0. The Morgan fingerprint density at radius 2 is 1.76 bits per heavy atom. The summed E-state index contributed by atoms with van der Waals surface area (Å²) in [5, 5.41) is 8.53. The number of hydrogen-bond donors (Lipinski definition) is 0. The average molecular weight is 277 g/mol. The van der Waals surface area contributed by atoms with Gasteiger partial charge in [0.25, 0.3) is 6.57 Å². The molecule has 0 fully saturated rings. The van der Waals surface area contributed by atoms with Crippen molar-refractivity contribution in [2.24, 2.45) is 5.41 Å². The fraction of sp³-hybridized carbons (Fsp3) is 0.917. The van der Waals surface area contributed by atoms with Crippen LogP contribution in [0.15, 0.2) is 0 Å². The van der Waals surface area contributed by atoms with Crippen molar-refractivity contribution in [3.8, 4) is 6.07 Å². The van der Waals surface area contributed by atoms with Crippen molar-refractivity contribution >= 4 is 18.0 Å². The van der Waals surface area contributed by atoms with E-state index < -0.39 is 12.2 Å². The molecule has 5 heteroatoms. The van der Waals surface area contributed by atoms with Crippen molar-refractivity contribution < 1.29 is 9.09 Å². The monoisotopic (exact) mass is 277 g/mol. The van der Waals surface area contributed by atoms with Crippen LogP contribution in [-0.4, -0.2) is 17.5 Å². The van der Waals surface area contributed by atoms with Crippen LogP contribution in [0.1, 0.15) is 48.0 Å². The molecule has 0 aromatic rings. The second-order valence-electron chi connectivity index (χ2n) is 6.27. The molecule has 0 saturated carbocycles. The molecule has 1 unspecified atom stereocenters. The van der Waals surface area contributed by atoms with Crippen LogP contribution in [-0.2, 0) is 9.09 Å². The van der Waals surface area contributed by atoms with Crippen molar-refractivity contribution in [1.29, 1.82) is 5.26 Å². The Bertz CT molecular complexity index is 303. The third-order valence-corrected chi connectivity index (χ3v) is 6.86. The maximum absolute atomic E-state index is 12.8. The lowest BCUT2D eigenvalue weighted by molar-refractivity contribution is 0.138. The summed E-state index contributed by atoms with van der Waals surface area (Å²) in [6.45, 7) is 9.16. The van der Waals surface area contributed by atoms with Crippen LogP contribution in [0.25, 0.3) is 0 Å². The average Bonchev–Trinajstić information content (AvgIpc) is 1.96. The van der Waals surface area contributed by atoms with Gasteiger partial charge >= 0.3 is 0 Å². The lowest BCUT2D eigenvalue weighted by Gasteiger charge is -2.31. The van der Waals surface area contributed by atoms with Gasteiger partial charge in [-0.05, 0) is 26.2 Å². The molecule has 0 aromatic carbocycles. The number of nitrogens with zero attached hydrogens (tertiary/aromatic N) is 1. The second-order valence-corrected chi connectivity index (χ2v) is 11.1. The van der Waals surface area contributed by atoms with Crippen molar-refractivity contribution in [3.05, 3.63) is 0 Å². The molecule has 0 bridgehead atoms. The number of hydrogen-bond acceptors (Lipinski definition) is 4. The molecule has 0 saturated heterocycles. The first-order chi connectivity index (χ1) is 7.47. The highest BCUT2D eigenvalue weighted by molar-refractivity contribution is 8.56. The maximum Gasteiger partial charge on any atom is 0.258 e. The smallest absolute Gasteiger partial charge is 0.258 e. The third kappa shape index (κ3) is 9.71. The van der Waals surface area contributed by atoms with E-state index in [1.807, 2.05) is 20.8 Å². The normalized spacial score (nSPS) is 16.3. The van der Waals surface area contributed by atoms with Crippen molar-refractivity contribution in [3.63, 3.8) is 0 Å². The van der Waals surface area contributed by atoms with E-state index in [4.69, 9.17) is 9.79 Å². The molecular weight excluding hydrogens is 253 g/mol. The first-order valence-electron chi connectivity index (χ1n) is 5.79. The molecule has 0 amide bonds. The summed E-state index contributed by atoms with van der Waals surface area (Å²) in [5.74, 6) is 0.569. The Morgan fingerprint density at radius 3 is 2.12 bits per heavy atom. The van der Waals surface area contributed by atoms with Gasteiger partial charge in [0, 0.05) is 18.3 Å². The van der Waals surface area contributed by atoms with Gasteiger partial charge < -0.3 is 4.52 Å². The summed E-state index contributed by atoms with van der Waals surface area (Å²) in [6, 6.07) is 2.07. The summed E-state index contributed by atoms with van der Waals surface area (Å²) in [6.07, 6.45) is 0.944. The Morgan fingerprint density at radius 1 is 1.24 bits per heavy atom. The molecule has 0 heterocycles. The van der Waals surface area contributed by atoms with E-state index in [1.165, 1.54) is 11.4 Å². The zero-order valence-electron chi connectivity index (χ0n) is 11.7. The van der Waals surface area contributed by atoms with Gasteiger partial charge in [-0.1, -0.05) is 32.2 Å². The molecule has 100 valence electrons. The third-order valence-electron chi connectivity index (χ3n) is 1.58. The molecule has 0 aliphatic carbocycles. The SMILES string of the molecule is CC(C)(C)CP(=O)(OC(C)(C)C)SCCC#N. The minimum atomic E-state index is -2.73. The zero-order valence-corrected chi connectivity index (χ0v) is 13.5. The van der Waals surface area contributed by atoms with Gasteiger partial charge in [-0.3, -0.25) is 4.57 Å². The molecular formula is C12H24NO2PS. The van der Waals surface area contributed by atoms with E-state index in [0.29, 0.717) is 18.3 Å². The minimum absolute atomic E-state index is 0.0412. The van der Waals surface area contributed by atoms with Crippen LogP contribution in [0.2, 0.25) is 0 Å². The number of nitriles is 1. The van der Waals surface area contributed by atoms with Crippen molar-refractivity contribution in [1.82, 2.24) is 0 Å². The van der Waals surface area contributed by atoms with Crippen LogP contribution in [0.5, 0.6) is 0 Å². The Labute approximate surface area is 110 Å². The van der Waals surface area contributed by atoms with Crippen molar-refractivity contribution in [2.45, 2.75) is 53.6 Å². The maximum atomic E-state index is 12.8. The Balaban J connectivity index is 4.71. The zero-order chi connectivity index (χ0) is 13.7. The molecule has 0 rings (SSSR count). The predicted molar refractivity (Wildman–Crippen MR) is 75.5 cm³/mol. The largest absolute Gasteiger partial charge is 0.315 e. The molecule has 0 aromatic heterocycles. The fourth-order valence-electron chi connectivity index (χ4n) is 1.33. The first-order valence-corrected chi connectivity index (χ1v) is 9.19. The molecule has 1 atom stereocenters. The van der Waals surface area contributed by atoms with Crippen LogP contribution < -0.4 is 0 Å². The number of rotatable bonds is 5. The highest BCUT2D eigenvalue weighted by atomic mass is 32.7. The lowest BCUT2D eigenvalue weighted by Crippen LogP contribution is -2.21. The highest BCUT2D eigenvalue weighted by Crippen LogP contribution is 2.64. The van der Waals surface area contributed by atoms with E-state index in [-0.39, 0.29) is 5.41 Å². The summed E-state index contributed by atoms with van der Waals surface area (Å²) >= 11 is 1.31. The quantitative estimate of drug-likeness (QED) is 0.540. The molecule has 0 radical (unpaired) electrons. The summed E-state index contributed by atoms with van der Waals surface area (Å²) in [4.78, 5) is 0. The van der Waals surface area contributed by atoms with Crippen molar-refractivity contribution in [2.75, 3.05) is 11.9 Å². The predicted octanol–water partition coefficient (Wildman–Crippen LogP) is 4.69. The summed E-state index contributed by atoms with van der Waals surface area (Å²) in [7, 11) is 0. The van der Waals surface area contributed by atoms with E-state index in [1.54, 1.807) is 0 Å². The van der Waals surface area contributed by atoms with Gasteiger partial charge in [0.15, 0.2) is 0 Å². The van der Waals surface area contributed by atoms with Gasteiger partial charge in [0.05, 0.1) is 11.7 Å². The topological polar surface area (TPSA) is 50.1 Å². The molecule has 0 N–H and O–H groups in total. The lowest BCUT2D eigenvalue weighted by atomic mass is 10.0. The Hall–Kier alpha value is 0.0300. The van der Waals surface area contributed by atoms with Gasteiger partial charge in [-0.15, -0.1) is 0 Å². The van der Waals surface area contributed by atoms with Crippen LogP contribution >= 0.6 is 18.0 Å². The fourth-order valence-corrected chi connectivity index (χ4v) is 7.37. The van der Waals surface area contributed by atoms with E-state index in [9.17, 15) is 4.57 Å². The molecule has 0 aliphatic rings. The molecule has 17 heavy (non-hydrogen) atoms. The van der Waals surface area contributed by atoms with Gasteiger partial charge in [-0.25, -0.2) is 0 Å². The van der Waals surface area contributed by atoms with Gasteiger partial charge in [-0.2, -0.15) is 5.26 Å². The van der Waals surface area contributed by atoms with Gasteiger partial charge in [0.1, 0.15) is 0 Å². The summed E-state index contributed by atoms with van der Waals surface area (Å²) < 4.78 is 18.5. The van der Waals surface area contributed by atoms with Crippen LogP contribution in [0.4, 0.5) is 0 Å². The molecule has 3 nitrogen and oxygen atoms in total. The van der Waals surface area contributed by atoms with E-state index >= 15 is 0 Å². The highest BCUT2D eigenvalue weighted by Gasteiger charge is 2.34.